The van der Waals surface area contributed by atoms with Crippen LogP contribution < -0.4 is 4.74 Å². The van der Waals surface area contributed by atoms with Gasteiger partial charge in [0, 0.05) is 12.1 Å². The number of hydrogen-bond donors (Lipinski definition) is 1. The molecule has 33 heavy (non-hydrogen) atoms. The van der Waals surface area contributed by atoms with E-state index in [0.29, 0.717) is 41.8 Å². The van der Waals surface area contributed by atoms with Crippen LogP contribution in [-0.2, 0) is 11.4 Å². The minimum Gasteiger partial charge on any atom is -0.489 e. The Hall–Kier alpha value is -3.74. The molecule has 170 valence electrons. The van der Waals surface area contributed by atoms with E-state index in [0.717, 1.165) is 11.1 Å². The van der Waals surface area contributed by atoms with Gasteiger partial charge in [-0.25, -0.2) is 13.6 Å². The summed E-state index contributed by atoms with van der Waals surface area (Å²) in [5.74, 6) is -2.47. The molecular weight excluding hydrogens is 428 g/mol. The second-order valence-electron chi connectivity index (χ2n) is 8.09. The first kappa shape index (κ1) is 22.5. The lowest BCUT2D eigenvalue weighted by Gasteiger charge is -2.21. The normalized spacial score (nSPS) is 15.5. The molecule has 5 nitrogen and oxygen atoms in total. The Bertz CT molecular complexity index is 1190. The first-order valence-electron chi connectivity index (χ1n) is 10.6. The van der Waals surface area contributed by atoms with Gasteiger partial charge >= 0.3 is 5.97 Å². The van der Waals surface area contributed by atoms with Crippen LogP contribution in [0.15, 0.2) is 60.7 Å². The molecule has 3 aromatic carbocycles. The average Bonchev–Trinajstić information content (AvgIpc) is 3.31. The Morgan fingerprint density at radius 3 is 2.52 bits per heavy atom. The highest BCUT2D eigenvalue weighted by Crippen LogP contribution is 2.28. The zero-order chi connectivity index (χ0) is 23.5. The number of carbonyl (C=O) groups is 2. The van der Waals surface area contributed by atoms with E-state index in [4.69, 9.17) is 4.74 Å². The lowest BCUT2D eigenvalue weighted by molar-refractivity contribution is -0.141. The van der Waals surface area contributed by atoms with Gasteiger partial charge in [-0.3, -0.25) is 4.79 Å². The van der Waals surface area contributed by atoms with Gasteiger partial charge in [-0.1, -0.05) is 24.3 Å². The highest BCUT2D eigenvalue weighted by molar-refractivity contribution is 5.97. The highest BCUT2D eigenvalue weighted by atomic mass is 19.2. The minimum atomic E-state index is -0.984. The molecule has 1 heterocycles. The number of carbonyl (C=O) groups excluding carboxylic acids is 1. The second-order valence-corrected chi connectivity index (χ2v) is 8.09. The molecule has 0 aliphatic carbocycles. The van der Waals surface area contributed by atoms with Crippen LogP contribution >= 0.6 is 0 Å². The van der Waals surface area contributed by atoms with Crippen LogP contribution in [-0.4, -0.2) is 34.5 Å². The van der Waals surface area contributed by atoms with E-state index in [1.54, 1.807) is 49.4 Å². The van der Waals surface area contributed by atoms with Gasteiger partial charge in [0.05, 0.1) is 0 Å². The molecule has 1 fully saturated rings. The van der Waals surface area contributed by atoms with Crippen LogP contribution in [0.1, 0.15) is 34.3 Å². The summed E-state index contributed by atoms with van der Waals surface area (Å²) < 4.78 is 32.8. The molecule has 0 radical (unpaired) electrons. The van der Waals surface area contributed by atoms with Gasteiger partial charge in [-0.05, 0) is 78.4 Å². The van der Waals surface area contributed by atoms with Crippen molar-refractivity contribution in [2.24, 2.45) is 0 Å². The van der Waals surface area contributed by atoms with Gasteiger partial charge in [0.1, 0.15) is 18.4 Å². The van der Waals surface area contributed by atoms with E-state index in [9.17, 15) is 23.5 Å². The van der Waals surface area contributed by atoms with Crippen LogP contribution in [0.25, 0.3) is 11.1 Å². The number of aryl methyl sites for hydroxylation is 1. The highest BCUT2D eigenvalue weighted by Gasteiger charge is 2.34. The standard InChI is InChI=1S/C26H23F2NO4/c1-16-12-22(27)23(28)14-21(16)18-7-9-20(10-8-18)33-15-17-4-2-5-19(13-17)25(30)29-11-3-6-24(29)26(31)32/h2,4-5,7-10,12-14,24H,3,6,11,15H2,1H3,(H,31,32)/t24-/m0/s1. The summed E-state index contributed by atoms with van der Waals surface area (Å²) >= 11 is 0. The number of aliphatic carboxylic acids is 1. The van der Waals surface area contributed by atoms with Gasteiger partial charge in [0.15, 0.2) is 11.6 Å². The van der Waals surface area contributed by atoms with Gasteiger partial charge in [-0.15, -0.1) is 0 Å². The topological polar surface area (TPSA) is 66.8 Å². The molecule has 1 aliphatic rings. The number of halogens is 2. The lowest BCUT2D eigenvalue weighted by atomic mass is 10.0. The number of benzene rings is 3. The number of rotatable bonds is 6. The molecule has 7 heteroatoms. The SMILES string of the molecule is Cc1cc(F)c(F)cc1-c1ccc(OCc2cccc(C(=O)N3CCC[C@H]3C(=O)O)c2)cc1. The smallest absolute Gasteiger partial charge is 0.326 e. The van der Waals surface area contributed by atoms with E-state index in [1.807, 2.05) is 6.07 Å². The minimum absolute atomic E-state index is 0.215. The number of ether oxygens (including phenoxy) is 1. The summed E-state index contributed by atoms with van der Waals surface area (Å²) in [6.07, 6.45) is 1.13. The van der Waals surface area contributed by atoms with E-state index in [2.05, 4.69) is 0 Å². The Morgan fingerprint density at radius 2 is 1.79 bits per heavy atom. The molecular formula is C26H23F2NO4. The van der Waals surface area contributed by atoms with Crippen molar-refractivity contribution in [1.29, 1.82) is 0 Å². The number of likely N-dealkylation sites (tertiary alicyclic amines) is 1. The molecule has 0 unspecified atom stereocenters. The Labute approximate surface area is 190 Å². The van der Waals surface area contributed by atoms with Crippen molar-refractivity contribution in [2.75, 3.05) is 6.54 Å². The number of carboxylic acid groups (broad SMARTS) is 1. The molecule has 0 saturated carbocycles. The van der Waals surface area contributed by atoms with Gasteiger partial charge < -0.3 is 14.7 Å². The summed E-state index contributed by atoms with van der Waals surface area (Å²) in [6.45, 7) is 2.37. The molecule has 3 aromatic rings. The summed E-state index contributed by atoms with van der Waals surface area (Å²) in [6, 6.07) is 15.5. The molecule has 0 bridgehead atoms. The molecule has 0 aromatic heterocycles. The van der Waals surface area contributed by atoms with Crippen LogP contribution in [0.2, 0.25) is 0 Å². The molecule has 4 rings (SSSR count). The van der Waals surface area contributed by atoms with E-state index >= 15 is 0 Å². The van der Waals surface area contributed by atoms with Crippen LogP contribution in [0.3, 0.4) is 0 Å². The van der Waals surface area contributed by atoms with Crippen molar-refractivity contribution < 1.29 is 28.2 Å². The number of carboxylic acids is 1. The summed E-state index contributed by atoms with van der Waals surface area (Å²) in [5.41, 5.74) is 3.17. The predicted octanol–water partition coefficient (Wildman–Crippen LogP) is 5.21. The molecule has 1 N–H and O–H groups in total. The summed E-state index contributed by atoms with van der Waals surface area (Å²) in [7, 11) is 0. The first-order chi connectivity index (χ1) is 15.8. The van der Waals surface area contributed by atoms with Crippen molar-refractivity contribution in [3.05, 3.63) is 89.0 Å². The maximum absolute atomic E-state index is 13.6. The van der Waals surface area contributed by atoms with Crippen LogP contribution in [0.5, 0.6) is 5.75 Å². The second kappa shape index (κ2) is 9.40. The van der Waals surface area contributed by atoms with Gasteiger partial charge in [0.2, 0.25) is 0 Å². The molecule has 1 aliphatic heterocycles. The Kier molecular flexibility index (Phi) is 6.40. The van der Waals surface area contributed by atoms with Crippen molar-refractivity contribution in [3.8, 4) is 16.9 Å². The van der Waals surface area contributed by atoms with E-state index in [1.165, 1.54) is 17.0 Å². The Morgan fingerprint density at radius 1 is 1.06 bits per heavy atom. The number of hydrogen-bond acceptors (Lipinski definition) is 3. The van der Waals surface area contributed by atoms with Crippen molar-refractivity contribution in [3.63, 3.8) is 0 Å². The number of amides is 1. The lowest BCUT2D eigenvalue weighted by Crippen LogP contribution is -2.40. The maximum atomic E-state index is 13.6. The monoisotopic (exact) mass is 451 g/mol. The van der Waals surface area contributed by atoms with Crippen LogP contribution in [0, 0.1) is 18.6 Å². The maximum Gasteiger partial charge on any atom is 0.326 e. The number of nitrogens with zero attached hydrogens (tertiary/aromatic N) is 1. The van der Waals surface area contributed by atoms with Crippen molar-refractivity contribution in [1.82, 2.24) is 4.90 Å². The third kappa shape index (κ3) is 4.87. The molecule has 1 atom stereocenters. The predicted molar refractivity (Wildman–Crippen MR) is 119 cm³/mol. The fourth-order valence-electron chi connectivity index (χ4n) is 4.08. The van der Waals surface area contributed by atoms with Crippen molar-refractivity contribution >= 4 is 11.9 Å². The largest absolute Gasteiger partial charge is 0.489 e. The average molecular weight is 451 g/mol. The van der Waals surface area contributed by atoms with Crippen molar-refractivity contribution in [2.45, 2.75) is 32.4 Å². The first-order valence-corrected chi connectivity index (χ1v) is 10.6. The molecule has 0 spiro atoms. The zero-order valence-electron chi connectivity index (χ0n) is 18.1. The zero-order valence-corrected chi connectivity index (χ0v) is 18.1. The van der Waals surface area contributed by atoms with E-state index < -0.39 is 23.6 Å². The molecule has 1 saturated heterocycles. The third-order valence-corrected chi connectivity index (χ3v) is 5.81. The van der Waals surface area contributed by atoms with Crippen LogP contribution in [0.4, 0.5) is 8.78 Å². The molecule has 1 amide bonds. The third-order valence-electron chi connectivity index (χ3n) is 5.81. The van der Waals surface area contributed by atoms with Gasteiger partial charge in [-0.2, -0.15) is 0 Å². The fourth-order valence-corrected chi connectivity index (χ4v) is 4.08. The summed E-state index contributed by atoms with van der Waals surface area (Å²) in [4.78, 5) is 25.6. The summed E-state index contributed by atoms with van der Waals surface area (Å²) in [5, 5.41) is 9.33. The fraction of sp³-hybridized carbons (Fsp3) is 0.231. The Balaban J connectivity index is 1.43. The quantitative estimate of drug-likeness (QED) is 0.559. The van der Waals surface area contributed by atoms with E-state index in [-0.39, 0.29) is 12.5 Å². The van der Waals surface area contributed by atoms with Gasteiger partial charge in [0.25, 0.3) is 5.91 Å².